The number of rotatable bonds is 9. The zero-order chi connectivity index (χ0) is 19.7. The molecule has 0 aliphatic rings. The number of hydrogen-bond acceptors (Lipinski definition) is 4. The Morgan fingerprint density at radius 3 is 2.26 bits per heavy atom. The molecule has 0 unspecified atom stereocenters. The second-order valence-electron chi connectivity index (χ2n) is 6.85. The van der Waals surface area contributed by atoms with Crippen LogP contribution in [0, 0.1) is 5.41 Å². The molecular weight excluding hydrogens is 340 g/mol. The average Bonchev–Trinajstić information content (AvgIpc) is 2.70. The Bertz CT molecular complexity index is 774. The SMILES string of the molecule is CCC(C)(C)C(=O)OCCOc1ccc(C=CC(=O)c2ccccc2)cc1. The fourth-order valence-corrected chi connectivity index (χ4v) is 2.18. The Kier molecular flexibility index (Phi) is 7.35. The molecule has 0 aromatic heterocycles. The van der Waals surface area contributed by atoms with Crippen LogP contribution in [-0.4, -0.2) is 25.0 Å². The molecule has 0 N–H and O–H groups in total. The van der Waals surface area contributed by atoms with E-state index < -0.39 is 5.41 Å². The molecule has 0 saturated heterocycles. The minimum atomic E-state index is -0.467. The van der Waals surface area contributed by atoms with Crippen LogP contribution in [-0.2, 0) is 9.53 Å². The van der Waals surface area contributed by atoms with Gasteiger partial charge in [0.05, 0.1) is 5.41 Å². The monoisotopic (exact) mass is 366 g/mol. The number of benzene rings is 2. The Morgan fingerprint density at radius 1 is 0.963 bits per heavy atom. The first-order valence-electron chi connectivity index (χ1n) is 9.10. The number of carbonyl (C=O) groups excluding carboxylic acids is 2. The van der Waals surface area contributed by atoms with E-state index in [9.17, 15) is 9.59 Å². The lowest BCUT2D eigenvalue weighted by Gasteiger charge is -2.20. The summed E-state index contributed by atoms with van der Waals surface area (Å²) in [7, 11) is 0. The van der Waals surface area contributed by atoms with Crippen molar-refractivity contribution >= 4 is 17.8 Å². The van der Waals surface area contributed by atoms with E-state index >= 15 is 0 Å². The number of esters is 1. The van der Waals surface area contributed by atoms with E-state index in [4.69, 9.17) is 9.47 Å². The number of ketones is 1. The van der Waals surface area contributed by atoms with Crippen LogP contribution in [0.3, 0.4) is 0 Å². The molecule has 27 heavy (non-hydrogen) atoms. The van der Waals surface area contributed by atoms with Gasteiger partial charge in [-0.3, -0.25) is 9.59 Å². The summed E-state index contributed by atoms with van der Waals surface area (Å²) in [5.74, 6) is 0.442. The van der Waals surface area contributed by atoms with Gasteiger partial charge in [0.25, 0.3) is 0 Å². The van der Waals surface area contributed by atoms with Gasteiger partial charge in [-0.25, -0.2) is 0 Å². The molecule has 0 bridgehead atoms. The molecule has 142 valence electrons. The van der Waals surface area contributed by atoms with E-state index in [0.717, 1.165) is 12.0 Å². The van der Waals surface area contributed by atoms with E-state index in [1.807, 2.05) is 63.2 Å². The smallest absolute Gasteiger partial charge is 0.311 e. The predicted octanol–water partition coefficient (Wildman–Crippen LogP) is 4.94. The largest absolute Gasteiger partial charge is 0.490 e. The Balaban J connectivity index is 1.79. The molecule has 0 heterocycles. The van der Waals surface area contributed by atoms with Crippen LogP contribution < -0.4 is 4.74 Å². The molecule has 4 nitrogen and oxygen atoms in total. The van der Waals surface area contributed by atoms with E-state index in [0.29, 0.717) is 17.9 Å². The Morgan fingerprint density at radius 2 is 1.63 bits per heavy atom. The van der Waals surface area contributed by atoms with E-state index in [-0.39, 0.29) is 18.4 Å². The van der Waals surface area contributed by atoms with Crippen molar-refractivity contribution < 1.29 is 19.1 Å². The lowest BCUT2D eigenvalue weighted by atomic mass is 9.91. The van der Waals surface area contributed by atoms with Crippen LogP contribution in [0.25, 0.3) is 6.08 Å². The van der Waals surface area contributed by atoms with E-state index in [2.05, 4.69) is 0 Å². The molecule has 0 aliphatic heterocycles. The summed E-state index contributed by atoms with van der Waals surface area (Å²) >= 11 is 0. The maximum Gasteiger partial charge on any atom is 0.311 e. The van der Waals surface area contributed by atoms with Crippen LogP contribution in [0.15, 0.2) is 60.7 Å². The minimum absolute atomic E-state index is 0.0345. The van der Waals surface area contributed by atoms with Crippen molar-refractivity contribution in [2.24, 2.45) is 5.41 Å². The molecule has 2 aromatic rings. The van der Waals surface area contributed by atoms with Crippen LogP contribution in [0.2, 0.25) is 0 Å². The molecule has 2 rings (SSSR count). The van der Waals surface area contributed by atoms with Gasteiger partial charge in [0.1, 0.15) is 19.0 Å². The number of allylic oxidation sites excluding steroid dienone is 1. The first kappa shape index (κ1) is 20.4. The molecular formula is C23H26O4. The first-order chi connectivity index (χ1) is 12.9. The van der Waals surface area contributed by atoms with Gasteiger partial charge in [0.2, 0.25) is 0 Å². The van der Waals surface area contributed by atoms with Crippen molar-refractivity contribution in [3.05, 3.63) is 71.8 Å². The fraction of sp³-hybridized carbons (Fsp3) is 0.304. The Hall–Kier alpha value is -2.88. The standard InChI is InChI=1S/C23H26O4/c1-4-23(2,3)22(25)27-17-16-26-20-13-10-18(11-14-20)12-15-21(24)19-8-6-5-7-9-19/h5-15H,4,16-17H2,1-3H3. The molecule has 0 saturated carbocycles. The molecule has 0 fully saturated rings. The van der Waals surface area contributed by atoms with Crippen molar-refractivity contribution in [2.75, 3.05) is 13.2 Å². The highest BCUT2D eigenvalue weighted by Crippen LogP contribution is 2.21. The molecule has 2 aromatic carbocycles. The van der Waals surface area contributed by atoms with Gasteiger partial charge in [0.15, 0.2) is 5.78 Å². The van der Waals surface area contributed by atoms with Gasteiger partial charge >= 0.3 is 5.97 Å². The van der Waals surface area contributed by atoms with Crippen LogP contribution in [0.1, 0.15) is 43.1 Å². The van der Waals surface area contributed by atoms with Gasteiger partial charge in [-0.2, -0.15) is 0 Å². The van der Waals surface area contributed by atoms with Crippen LogP contribution in [0.4, 0.5) is 0 Å². The third kappa shape index (κ3) is 6.41. The van der Waals surface area contributed by atoms with Crippen molar-refractivity contribution in [1.29, 1.82) is 0 Å². The van der Waals surface area contributed by atoms with E-state index in [1.54, 1.807) is 24.3 Å². The Labute approximate surface area is 160 Å². The fourth-order valence-electron chi connectivity index (χ4n) is 2.18. The first-order valence-corrected chi connectivity index (χ1v) is 9.10. The summed E-state index contributed by atoms with van der Waals surface area (Å²) in [5, 5.41) is 0. The maximum atomic E-state index is 12.1. The molecule has 0 atom stereocenters. The third-order valence-corrected chi connectivity index (χ3v) is 4.39. The highest BCUT2D eigenvalue weighted by Gasteiger charge is 2.26. The zero-order valence-electron chi connectivity index (χ0n) is 16.1. The lowest BCUT2D eigenvalue weighted by Crippen LogP contribution is -2.27. The molecule has 0 radical (unpaired) electrons. The number of carbonyl (C=O) groups is 2. The molecule has 0 aliphatic carbocycles. The highest BCUT2D eigenvalue weighted by molar-refractivity contribution is 6.06. The molecule has 0 spiro atoms. The quantitative estimate of drug-likeness (QED) is 0.273. The van der Waals surface area contributed by atoms with E-state index in [1.165, 1.54) is 0 Å². The summed E-state index contributed by atoms with van der Waals surface area (Å²) in [6, 6.07) is 16.5. The summed E-state index contributed by atoms with van der Waals surface area (Å²) in [4.78, 5) is 23.9. The topological polar surface area (TPSA) is 52.6 Å². The van der Waals surface area contributed by atoms with Crippen LogP contribution in [0.5, 0.6) is 5.75 Å². The van der Waals surface area contributed by atoms with Crippen LogP contribution >= 0.6 is 0 Å². The number of hydrogen-bond donors (Lipinski definition) is 0. The summed E-state index contributed by atoms with van der Waals surface area (Å²) in [5.41, 5.74) is 1.10. The summed E-state index contributed by atoms with van der Waals surface area (Å²) < 4.78 is 10.8. The van der Waals surface area contributed by atoms with Gasteiger partial charge < -0.3 is 9.47 Å². The second kappa shape index (κ2) is 9.72. The van der Waals surface area contributed by atoms with Crippen molar-refractivity contribution in [3.63, 3.8) is 0 Å². The number of ether oxygens (including phenoxy) is 2. The van der Waals surface area contributed by atoms with Crippen molar-refractivity contribution in [3.8, 4) is 5.75 Å². The minimum Gasteiger partial charge on any atom is -0.490 e. The normalized spacial score (nSPS) is 11.4. The molecule has 0 amide bonds. The lowest BCUT2D eigenvalue weighted by molar-refractivity contribution is -0.154. The van der Waals surface area contributed by atoms with Gasteiger partial charge in [-0.1, -0.05) is 55.5 Å². The summed E-state index contributed by atoms with van der Waals surface area (Å²) in [6.07, 6.45) is 4.06. The average molecular weight is 366 g/mol. The highest BCUT2D eigenvalue weighted by atomic mass is 16.6. The van der Waals surface area contributed by atoms with Gasteiger partial charge in [-0.15, -0.1) is 0 Å². The van der Waals surface area contributed by atoms with Crippen molar-refractivity contribution in [2.45, 2.75) is 27.2 Å². The predicted molar refractivity (Wildman–Crippen MR) is 107 cm³/mol. The van der Waals surface area contributed by atoms with Crippen molar-refractivity contribution in [1.82, 2.24) is 0 Å². The second-order valence-corrected chi connectivity index (χ2v) is 6.85. The summed E-state index contributed by atoms with van der Waals surface area (Å²) in [6.45, 7) is 6.21. The maximum absolute atomic E-state index is 12.1. The third-order valence-electron chi connectivity index (χ3n) is 4.39. The van der Waals surface area contributed by atoms with Gasteiger partial charge in [-0.05, 0) is 44.0 Å². The molecule has 4 heteroatoms. The zero-order valence-corrected chi connectivity index (χ0v) is 16.1. The van der Waals surface area contributed by atoms with Gasteiger partial charge in [0, 0.05) is 5.56 Å².